The van der Waals surface area contributed by atoms with Crippen LogP contribution in [0.5, 0.6) is 17.2 Å². The van der Waals surface area contributed by atoms with E-state index in [9.17, 15) is 14.4 Å². The predicted molar refractivity (Wildman–Crippen MR) is 152 cm³/mol. The van der Waals surface area contributed by atoms with Crippen LogP contribution in [0.15, 0.2) is 53.2 Å². The average Bonchev–Trinajstić information content (AvgIpc) is 3.47. The Hall–Kier alpha value is -4.26. The summed E-state index contributed by atoms with van der Waals surface area (Å²) in [7, 11) is 4.61. The molecule has 2 heterocycles. The zero-order valence-corrected chi connectivity index (χ0v) is 24.3. The van der Waals surface area contributed by atoms with Crippen LogP contribution in [0.3, 0.4) is 0 Å². The molecule has 1 aliphatic rings. The Morgan fingerprint density at radius 2 is 1.68 bits per heavy atom. The molecule has 0 unspecified atom stereocenters. The van der Waals surface area contributed by atoms with Crippen LogP contribution in [-0.4, -0.2) is 80.4 Å². The van der Waals surface area contributed by atoms with Crippen LogP contribution in [0.2, 0.25) is 0 Å². The molecule has 0 spiro atoms. The van der Waals surface area contributed by atoms with Gasteiger partial charge in [0.05, 0.1) is 45.6 Å². The number of methoxy groups -OCH3 is 3. The van der Waals surface area contributed by atoms with Crippen molar-refractivity contribution in [3.8, 4) is 17.2 Å². The standard InChI is InChI=1S/C28H33N5O7S/c1-19(18-41-28(36)21-8-6-5-7-9-21)27(35)29-24-17-33(30-40-24)32-12-10-31(11-13-32)25(34)16-20-14-22(37-2)26(39-4)23(15-20)38-3/h5-9,14-15,17,19H,10-13,16,18H2,1-4H3/p+1/t19-/m1/s1. The van der Waals surface area contributed by atoms with Gasteiger partial charge in [-0.2, -0.15) is 0 Å². The van der Waals surface area contributed by atoms with Gasteiger partial charge in [-0.1, -0.05) is 49.0 Å². The van der Waals surface area contributed by atoms with E-state index in [-0.39, 0.29) is 29.2 Å². The van der Waals surface area contributed by atoms with Crippen molar-refractivity contribution < 1.29 is 37.9 Å². The molecule has 0 saturated carbocycles. The first kappa shape index (κ1) is 29.7. The van der Waals surface area contributed by atoms with E-state index in [0.717, 1.165) is 17.3 Å². The van der Waals surface area contributed by atoms with Crippen molar-refractivity contribution in [2.45, 2.75) is 13.3 Å². The van der Waals surface area contributed by atoms with Gasteiger partial charge in [0.15, 0.2) is 11.5 Å². The number of rotatable bonds is 11. The molecule has 0 radical (unpaired) electrons. The highest BCUT2D eigenvalue weighted by molar-refractivity contribution is 8.14. The zero-order valence-electron chi connectivity index (χ0n) is 23.5. The number of carbonyl (C=O) groups excluding carboxylic acids is 3. The molecule has 4 rings (SSSR count). The van der Waals surface area contributed by atoms with Crippen molar-refractivity contribution >= 4 is 34.6 Å². The Morgan fingerprint density at radius 1 is 1.02 bits per heavy atom. The minimum absolute atomic E-state index is 0.0189. The van der Waals surface area contributed by atoms with Crippen molar-refractivity contribution in [2.75, 3.05) is 63.6 Å². The highest BCUT2D eigenvalue weighted by atomic mass is 32.2. The fraction of sp³-hybridized carbons (Fsp3) is 0.393. The quantitative estimate of drug-likeness (QED) is 0.335. The smallest absolute Gasteiger partial charge is 0.305 e. The number of piperazine rings is 1. The van der Waals surface area contributed by atoms with E-state index in [4.69, 9.17) is 18.7 Å². The second-order valence-corrected chi connectivity index (χ2v) is 10.4. The van der Waals surface area contributed by atoms with Crippen molar-refractivity contribution in [3.05, 3.63) is 59.8 Å². The minimum Gasteiger partial charge on any atom is -0.493 e. The topological polar surface area (TPSA) is 127 Å². The molecular formula is C28H34N5O7S+. The van der Waals surface area contributed by atoms with Gasteiger partial charge in [0.2, 0.25) is 28.0 Å². The molecule has 0 aliphatic carbocycles. The maximum Gasteiger partial charge on any atom is 0.305 e. The normalized spacial score (nSPS) is 13.9. The summed E-state index contributed by atoms with van der Waals surface area (Å²) in [6.07, 6.45) is 1.78. The van der Waals surface area contributed by atoms with Gasteiger partial charge in [-0.3, -0.25) is 24.2 Å². The van der Waals surface area contributed by atoms with Crippen molar-refractivity contribution in [1.29, 1.82) is 0 Å². The van der Waals surface area contributed by atoms with Crippen molar-refractivity contribution in [2.24, 2.45) is 5.92 Å². The second kappa shape index (κ2) is 13.9. The van der Waals surface area contributed by atoms with Crippen LogP contribution in [0.25, 0.3) is 0 Å². The Morgan fingerprint density at radius 3 is 2.29 bits per heavy atom. The van der Waals surface area contributed by atoms with Gasteiger partial charge in [0.1, 0.15) is 0 Å². The number of hydrogen-bond donors (Lipinski definition) is 1. The monoisotopic (exact) mass is 584 g/mol. The van der Waals surface area contributed by atoms with E-state index in [2.05, 4.69) is 10.6 Å². The fourth-order valence-corrected chi connectivity index (χ4v) is 5.13. The third kappa shape index (κ3) is 7.48. The first-order chi connectivity index (χ1) is 19.8. The summed E-state index contributed by atoms with van der Waals surface area (Å²) in [5.74, 6) is 1.29. The lowest BCUT2D eigenvalue weighted by Crippen LogP contribution is -2.66. The van der Waals surface area contributed by atoms with Gasteiger partial charge in [-0.25, -0.2) is 0 Å². The maximum absolute atomic E-state index is 13.0. The number of nitrogens with one attached hydrogen (secondary N) is 1. The minimum atomic E-state index is -0.425. The SMILES string of the molecule is COc1cc(CC(=O)N2CCN([n+]3cc(NC(=O)[C@H](C)CSC(=O)c4ccccc4)on3)CC2)cc(OC)c1OC. The molecule has 41 heavy (non-hydrogen) atoms. The van der Waals surface area contributed by atoms with Crippen LogP contribution in [0.4, 0.5) is 5.88 Å². The molecule has 1 aromatic heterocycles. The van der Waals surface area contributed by atoms with E-state index >= 15 is 0 Å². The lowest BCUT2D eigenvalue weighted by atomic mass is 10.1. The van der Waals surface area contributed by atoms with Crippen LogP contribution in [-0.2, 0) is 16.0 Å². The molecule has 1 saturated heterocycles. The van der Waals surface area contributed by atoms with E-state index in [1.165, 1.54) is 26.1 Å². The van der Waals surface area contributed by atoms with Crippen LogP contribution in [0.1, 0.15) is 22.8 Å². The summed E-state index contributed by atoms with van der Waals surface area (Å²) in [6, 6.07) is 12.5. The first-order valence-electron chi connectivity index (χ1n) is 13.1. The molecule has 3 aromatic rings. The van der Waals surface area contributed by atoms with Gasteiger partial charge in [0.25, 0.3) is 6.20 Å². The summed E-state index contributed by atoms with van der Waals surface area (Å²) in [6.45, 7) is 3.79. The number of carbonyl (C=O) groups is 3. The van der Waals surface area contributed by atoms with Gasteiger partial charge < -0.3 is 19.1 Å². The summed E-state index contributed by atoms with van der Waals surface area (Å²) in [4.78, 5) is 41.2. The summed E-state index contributed by atoms with van der Waals surface area (Å²) in [5, 5.41) is 8.56. The number of thioether (sulfide) groups is 1. The van der Waals surface area contributed by atoms with Crippen LogP contribution in [0, 0.1) is 5.92 Å². The molecule has 13 heteroatoms. The van der Waals surface area contributed by atoms with Crippen molar-refractivity contribution in [1.82, 2.24) is 10.2 Å². The number of hydrogen-bond acceptors (Lipinski definition) is 10. The number of benzene rings is 2. The largest absolute Gasteiger partial charge is 0.493 e. The van der Waals surface area contributed by atoms with E-state index < -0.39 is 5.92 Å². The Labute approximate surface area is 242 Å². The molecule has 1 aliphatic heterocycles. The van der Waals surface area contributed by atoms with Crippen LogP contribution < -0.4 is 29.3 Å². The van der Waals surface area contributed by atoms with Gasteiger partial charge in [-0.15, -0.1) is 5.01 Å². The number of amides is 2. The third-order valence-electron chi connectivity index (χ3n) is 6.60. The van der Waals surface area contributed by atoms with Crippen LogP contribution >= 0.6 is 11.8 Å². The molecule has 12 nitrogen and oxygen atoms in total. The average molecular weight is 585 g/mol. The van der Waals surface area contributed by atoms with E-state index in [1.807, 2.05) is 11.1 Å². The zero-order chi connectivity index (χ0) is 29.4. The number of ether oxygens (including phenoxy) is 3. The highest BCUT2D eigenvalue weighted by Gasteiger charge is 2.29. The maximum atomic E-state index is 13.0. The summed E-state index contributed by atoms with van der Waals surface area (Å²) >= 11 is 1.10. The Kier molecular flexibility index (Phi) is 10.1. The first-order valence-corrected chi connectivity index (χ1v) is 14.0. The van der Waals surface area contributed by atoms with Gasteiger partial charge >= 0.3 is 5.88 Å². The van der Waals surface area contributed by atoms with E-state index in [1.54, 1.807) is 54.4 Å². The molecule has 2 amide bonds. The van der Waals surface area contributed by atoms with Gasteiger partial charge in [0, 0.05) is 30.3 Å². The molecule has 218 valence electrons. The summed E-state index contributed by atoms with van der Waals surface area (Å²) in [5.41, 5.74) is 1.36. The molecule has 0 bridgehead atoms. The summed E-state index contributed by atoms with van der Waals surface area (Å²) < 4.78 is 21.4. The Balaban J connectivity index is 1.25. The Bertz CT molecular complexity index is 1330. The molecule has 1 atom stereocenters. The molecular weight excluding hydrogens is 550 g/mol. The number of nitrogens with zero attached hydrogens (tertiary/aromatic N) is 4. The number of anilines is 1. The second-order valence-electron chi connectivity index (χ2n) is 9.39. The molecule has 1 fully saturated rings. The molecule has 1 N–H and O–H groups in total. The highest BCUT2D eigenvalue weighted by Crippen LogP contribution is 2.38. The van der Waals surface area contributed by atoms with Crippen molar-refractivity contribution in [3.63, 3.8) is 0 Å². The number of aromatic nitrogens is 2. The van der Waals surface area contributed by atoms with Gasteiger partial charge in [-0.05, 0) is 17.7 Å². The fourth-order valence-electron chi connectivity index (χ4n) is 4.28. The van der Waals surface area contributed by atoms with E-state index in [0.29, 0.717) is 54.7 Å². The third-order valence-corrected chi connectivity index (χ3v) is 7.77. The lowest BCUT2D eigenvalue weighted by Gasteiger charge is -2.30. The predicted octanol–water partition coefficient (Wildman–Crippen LogP) is 2.16. The molecule has 2 aromatic carbocycles. The lowest BCUT2D eigenvalue weighted by molar-refractivity contribution is -0.759.